The zero-order valence-electron chi connectivity index (χ0n) is 16.1. The molecule has 0 spiro atoms. The normalized spacial score (nSPS) is 10.3. The lowest BCUT2D eigenvalue weighted by Crippen LogP contribution is -2.22. The Hall–Kier alpha value is -2.86. The molecule has 2 aromatic rings. The fourth-order valence-corrected chi connectivity index (χ4v) is 2.73. The van der Waals surface area contributed by atoms with Crippen LogP contribution in [0.5, 0.6) is 0 Å². The lowest BCUT2D eigenvalue weighted by atomic mass is 10.1. The molecule has 148 valence electrons. The SMILES string of the molecule is Cc1ccc(Cl)cc1NC(=O)COC(=O)CCC(=O)Nc1c(C)cccc1C. The second kappa shape index (κ2) is 9.90. The number of carbonyl (C=O) groups excluding carboxylic acids is 3. The molecule has 0 saturated heterocycles. The molecule has 0 unspecified atom stereocenters. The maximum Gasteiger partial charge on any atom is 0.306 e. The van der Waals surface area contributed by atoms with Gasteiger partial charge in [-0.25, -0.2) is 0 Å². The first-order valence-electron chi connectivity index (χ1n) is 8.84. The van der Waals surface area contributed by atoms with Gasteiger partial charge in [-0.2, -0.15) is 0 Å². The Labute approximate surface area is 169 Å². The van der Waals surface area contributed by atoms with Crippen LogP contribution in [0.4, 0.5) is 11.4 Å². The maximum absolute atomic E-state index is 12.1. The number of carbonyl (C=O) groups is 3. The number of anilines is 2. The van der Waals surface area contributed by atoms with Crippen molar-refractivity contribution in [2.75, 3.05) is 17.2 Å². The first kappa shape index (κ1) is 21.4. The summed E-state index contributed by atoms with van der Waals surface area (Å²) in [6.07, 6.45) is -0.137. The van der Waals surface area contributed by atoms with Crippen molar-refractivity contribution in [3.63, 3.8) is 0 Å². The van der Waals surface area contributed by atoms with Crippen LogP contribution >= 0.6 is 11.6 Å². The average Bonchev–Trinajstić information content (AvgIpc) is 2.64. The van der Waals surface area contributed by atoms with Crippen molar-refractivity contribution in [2.24, 2.45) is 0 Å². The third kappa shape index (κ3) is 6.39. The number of benzene rings is 2. The van der Waals surface area contributed by atoms with Gasteiger partial charge in [-0.1, -0.05) is 35.9 Å². The number of hydrogen-bond donors (Lipinski definition) is 2. The number of nitrogens with one attached hydrogen (secondary N) is 2. The molecule has 7 heteroatoms. The first-order chi connectivity index (χ1) is 13.3. The summed E-state index contributed by atoms with van der Waals surface area (Å²) in [7, 11) is 0. The van der Waals surface area contributed by atoms with Crippen LogP contribution in [0, 0.1) is 20.8 Å². The summed E-state index contributed by atoms with van der Waals surface area (Å²) in [6.45, 7) is 5.20. The smallest absolute Gasteiger partial charge is 0.306 e. The van der Waals surface area contributed by atoms with Gasteiger partial charge in [0.1, 0.15) is 0 Å². The van der Waals surface area contributed by atoms with Gasteiger partial charge in [-0.15, -0.1) is 0 Å². The van der Waals surface area contributed by atoms with Crippen molar-refractivity contribution < 1.29 is 19.1 Å². The van der Waals surface area contributed by atoms with Crippen LogP contribution < -0.4 is 10.6 Å². The van der Waals surface area contributed by atoms with Gasteiger partial charge in [0, 0.05) is 22.8 Å². The summed E-state index contributed by atoms with van der Waals surface area (Å²) in [5.74, 6) is -1.37. The molecule has 0 aliphatic rings. The number of hydrogen-bond acceptors (Lipinski definition) is 4. The third-order valence-corrected chi connectivity index (χ3v) is 4.37. The molecule has 6 nitrogen and oxygen atoms in total. The average molecular weight is 403 g/mol. The molecule has 28 heavy (non-hydrogen) atoms. The molecule has 0 aromatic heterocycles. The van der Waals surface area contributed by atoms with E-state index in [4.69, 9.17) is 16.3 Å². The monoisotopic (exact) mass is 402 g/mol. The summed E-state index contributed by atoms with van der Waals surface area (Å²) >= 11 is 5.90. The lowest BCUT2D eigenvalue weighted by molar-refractivity contribution is -0.147. The molecule has 0 fully saturated rings. The van der Waals surface area contributed by atoms with E-state index in [1.807, 2.05) is 39.0 Å². The Kier molecular flexibility index (Phi) is 7.58. The summed E-state index contributed by atoms with van der Waals surface area (Å²) < 4.78 is 4.93. The van der Waals surface area contributed by atoms with E-state index in [0.717, 1.165) is 22.4 Å². The molecule has 0 bridgehead atoms. The molecule has 0 aliphatic carbocycles. The summed E-state index contributed by atoms with van der Waals surface area (Å²) in [4.78, 5) is 35.8. The molecule has 0 atom stereocenters. The zero-order valence-corrected chi connectivity index (χ0v) is 16.9. The lowest BCUT2D eigenvalue weighted by Gasteiger charge is -2.11. The highest BCUT2D eigenvalue weighted by atomic mass is 35.5. The highest BCUT2D eigenvalue weighted by Crippen LogP contribution is 2.20. The van der Waals surface area contributed by atoms with Gasteiger partial charge in [-0.05, 0) is 49.6 Å². The number of rotatable bonds is 7. The fourth-order valence-electron chi connectivity index (χ4n) is 2.56. The maximum atomic E-state index is 12.1. The van der Waals surface area contributed by atoms with Gasteiger partial charge in [0.25, 0.3) is 5.91 Å². The summed E-state index contributed by atoms with van der Waals surface area (Å²) in [6, 6.07) is 10.8. The van der Waals surface area contributed by atoms with Gasteiger partial charge >= 0.3 is 5.97 Å². The molecule has 0 saturated carbocycles. The Bertz CT molecular complexity index is 876. The van der Waals surface area contributed by atoms with E-state index in [0.29, 0.717) is 10.7 Å². The van der Waals surface area contributed by atoms with E-state index in [9.17, 15) is 14.4 Å². The summed E-state index contributed by atoms with van der Waals surface area (Å²) in [5.41, 5.74) is 4.04. The predicted molar refractivity (Wildman–Crippen MR) is 110 cm³/mol. The van der Waals surface area contributed by atoms with Crippen LogP contribution in [0.25, 0.3) is 0 Å². The number of ether oxygens (including phenoxy) is 1. The van der Waals surface area contributed by atoms with E-state index in [1.165, 1.54) is 0 Å². The molecule has 0 aliphatic heterocycles. The van der Waals surface area contributed by atoms with E-state index in [-0.39, 0.29) is 18.7 Å². The van der Waals surface area contributed by atoms with Crippen molar-refractivity contribution >= 4 is 40.8 Å². The Morgan fingerprint density at radius 3 is 2.25 bits per heavy atom. The number of aryl methyl sites for hydroxylation is 3. The van der Waals surface area contributed by atoms with Gasteiger partial charge < -0.3 is 15.4 Å². The Morgan fingerprint density at radius 2 is 1.57 bits per heavy atom. The molecule has 2 amide bonds. The minimum Gasteiger partial charge on any atom is -0.456 e. The number of halogens is 1. The Balaban J connectivity index is 1.75. The van der Waals surface area contributed by atoms with E-state index in [1.54, 1.807) is 18.2 Å². The number of esters is 1. The number of amides is 2. The van der Waals surface area contributed by atoms with Gasteiger partial charge in [0.2, 0.25) is 5.91 Å². The fraction of sp³-hybridized carbons (Fsp3) is 0.286. The molecular weight excluding hydrogens is 380 g/mol. The van der Waals surface area contributed by atoms with E-state index in [2.05, 4.69) is 10.6 Å². The molecule has 2 rings (SSSR count). The van der Waals surface area contributed by atoms with Crippen LogP contribution in [-0.4, -0.2) is 24.4 Å². The largest absolute Gasteiger partial charge is 0.456 e. The topological polar surface area (TPSA) is 84.5 Å². The minimum absolute atomic E-state index is 0.0262. The predicted octanol–water partition coefficient (Wildman–Crippen LogP) is 4.17. The highest BCUT2D eigenvalue weighted by Gasteiger charge is 2.13. The van der Waals surface area contributed by atoms with Crippen LogP contribution in [0.3, 0.4) is 0 Å². The van der Waals surface area contributed by atoms with Crippen LogP contribution in [0.2, 0.25) is 5.02 Å². The van der Waals surface area contributed by atoms with Gasteiger partial charge in [0.05, 0.1) is 6.42 Å². The second-order valence-electron chi connectivity index (χ2n) is 6.48. The van der Waals surface area contributed by atoms with E-state index >= 15 is 0 Å². The van der Waals surface area contributed by atoms with Gasteiger partial charge in [0.15, 0.2) is 6.61 Å². The first-order valence-corrected chi connectivity index (χ1v) is 9.21. The van der Waals surface area contributed by atoms with Crippen LogP contribution in [-0.2, 0) is 19.1 Å². The molecule has 0 heterocycles. The third-order valence-electron chi connectivity index (χ3n) is 4.14. The van der Waals surface area contributed by atoms with Crippen molar-refractivity contribution in [2.45, 2.75) is 33.6 Å². The van der Waals surface area contributed by atoms with Crippen molar-refractivity contribution in [1.29, 1.82) is 0 Å². The van der Waals surface area contributed by atoms with Crippen LogP contribution in [0.15, 0.2) is 36.4 Å². The standard InChI is InChI=1S/C21H23ClN2O4/c1-13-7-8-16(22)11-17(13)23-19(26)12-28-20(27)10-9-18(25)24-21-14(2)5-4-6-15(21)3/h4-8,11H,9-10,12H2,1-3H3,(H,23,26)(H,24,25). The van der Waals surface area contributed by atoms with Crippen molar-refractivity contribution in [3.05, 3.63) is 58.1 Å². The zero-order chi connectivity index (χ0) is 20.7. The molecule has 2 N–H and O–H groups in total. The second-order valence-corrected chi connectivity index (χ2v) is 6.92. The van der Waals surface area contributed by atoms with Crippen LogP contribution in [0.1, 0.15) is 29.5 Å². The minimum atomic E-state index is -0.616. The molecule has 0 radical (unpaired) electrons. The van der Waals surface area contributed by atoms with Gasteiger partial charge in [-0.3, -0.25) is 14.4 Å². The molecular formula is C21H23ClN2O4. The van der Waals surface area contributed by atoms with Crippen molar-refractivity contribution in [3.8, 4) is 0 Å². The van der Waals surface area contributed by atoms with E-state index < -0.39 is 18.5 Å². The quantitative estimate of drug-likeness (QED) is 0.681. The number of para-hydroxylation sites is 1. The van der Waals surface area contributed by atoms with Crippen molar-refractivity contribution in [1.82, 2.24) is 0 Å². The molecule has 2 aromatic carbocycles. The Morgan fingerprint density at radius 1 is 0.893 bits per heavy atom. The highest BCUT2D eigenvalue weighted by molar-refractivity contribution is 6.31. The summed E-state index contributed by atoms with van der Waals surface area (Å²) in [5, 5.41) is 5.93.